The number of nitrogens with one attached hydrogen (secondary N) is 2. The first-order valence-electron chi connectivity index (χ1n) is 7.18. The number of amides is 1. The molecule has 0 spiro atoms. The Kier molecular flexibility index (Phi) is 2.82. The highest BCUT2D eigenvalue weighted by molar-refractivity contribution is 5.78. The zero-order valence-corrected chi connectivity index (χ0v) is 11.7. The first kappa shape index (κ1) is 12.8. The van der Waals surface area contributed by atoms with Crippen LogP contribution in [0.5, 0.6) is 0 Å². The topological polar surface area (TPSA) is 79.3 Å². The summed E-state index contributed by atoms with van der Waals surface area (Å²) in [5, 5.41) is 5.90. The SMILES string of the molecule is O=C1CCC(c2cc(=O)n3[nH]c(-c4ccccc4)cc3n2)N1. The van der Waals surface area contributed by atoms with Crippen molar-refractivity contribution in [1.29, 1.82) is 0 Å². The number of nitrogens with zero attached hydrogens (tertiary/aromatic N) is 2. The molecule has 4 rings (SSSR count). The van der Waals surface area contributed by atoms with Gasteiger partial charge in [0.25, 0.3) is 5.56 Å². The van der Waals surface area contributed by atoms with Crippen molar-refractivity contribution in [2.24, 2.45) is 0 Å². The fourth-order valence-electron chi connectivity index (χ4n) is 2.79. The summed E-state index contributed by atoms with van der Waals surface area (Å²) in [6, 6.07) is 12.9. The molecule has 1 saturated heterocycles. The van der Waals surface area contributed by atoms with Gasteiger partial charge in [-0.15, -0.1) is 0 Å². The maximum atomic E-state index is 12.3. The van der Waals surface area contributed by atoms with Gasteiger partial charge in [-0.25, -0.2) is 9.50 Å². The van der Waals surface area contributed by atoms with Gasteiger partial charge in [0.2, 0.25) is 5.91 Å². The normalized spacial score (nSPS) is 17.8. The molecule has 0 saturated carbocycles. The Balaban J connectivity index is 1.81. The summed E-state index contributed by atoms with van der Waals surface area (Å²) in [4.78, 5) is 28.1. The van der Waals surface area contributed by atoms with Crippen molar-refractivity contribution in [1.82, 2.24) is 19.9 Å². The third-order valence-electron chi connectivity index (χ3n) is 3.91. The Morgan fingerprint density at radius 3 is 2.68 bits per heavy atom. The van der Waals surface area contributed by atoms with Crippen molar-refractivity contribution in [3.63, 3.8) is 0 Å². The number of carbonyl (C=O) groups is 1. The van der Waals surface area contributed by atoms with Gasteiger partial charge in [0, 0.05) is 18.6 Å². The van der Waals surface area contributed by atoms with Crippen molar-refractivity contribution in [3.8, 4) is 11.3 Å². The van der Waals surface area contributed by atoms with Crippen molar-refractivity contribution in [2.75, 3.05) is 0 Å². The van der Waals surface area contributed by atoms with Gasteiger partial charge in [0.15, 0.2) is 5.65 Å². The van der Waals surface area contributed by atoms with Gasteiger partial charge in [-0.2, -0.15) is 0 Å². The monoisotopic (exact) mass is 294 g/mol. The highest BCUT2D eigenvalue weighted by atomic mass is 16.2. The number of carbonyl (C=O) groups excluding carboxylic acids is 1. The maximum absolute atomic E-state index is 12.3. The van der Waals surface area contributed by atoms with Gasteiger partial charge in [-0.3, -0.25) is 14.7 Å². The molecule has 1 aliphatic heterocycles. The van der Waals surface area contributed by atoms with Crippen LogP contribution in [0, 0.1) is 0 Å². The fourth-order valence-corrected chi connectivity index (χ4v) is 2.79. The smallest absolute Gasteiger partial charge is 0.272 e. The summed E-state index contributed by atoms with van der Waals surface area (Å²) in [7, 11) is 0. The number of fused-ring (bicyclic) bond motifs is 1. The molecule has 0 radical (unpaired) electrons. The van der Waals surface area contributed by atoms with Crippen molar-refractivity contribution < 1.29 is 4.79 Å². The molecule has 1 unspecified atom stereocenters. The van der Waals surface area contributed by atoms with Crippen LogP contribution in [-0.2, 0) is 4.79 Å². The summed E-state index contributed by atoms with van der Waals surface area (Å²) >= 11 is 0. The molecule has 1 atom stereocenters. The lowest BCUT2D eigenvalue weighted by atomic mass is 10.1. The second kappa shape index (κ2) is 4.84. The largest absolute Gasteiger partial charge is 0.348 e. The molecule has 1 aromatic carbocycles. The average Bonchev–Trinajstić information content (AvgIpc) is 3.14. The standard InChI is InChI=1S/C16H14N4O2/c21-15-7-6-11(18-15)13-9-16(22)20-14(17-13)8-12(19-20)10-4-2-1-3-5-10/h1-5,8-9,11,19H,6-7H2,(H,18,21). The Bertz CT molecular complexity index is 911. The Morgan fingerprint density at radius 2 is 1.95 bits per heavy atom. The van der Waals surface area contributed by atoms with Crippen molar-refractivity contribution in [3.05, 3.63) is 58.5 Å². The minimum atomic E-state index is -0.177. The molecular weight excluding hydrogens is 280 g/mol. The minimum absolute atomic E-state index is 0.00559. The highest BCUT2D eigenvalue weighted by Gasteiger charge is 2.24. The van der Waals surface area contributed by atoms with E-state index in [4.69, 9.17) is 0 Å². The molecule has 6 heteroatoms. The van der Waals surface area contributed by atoms with E-state index in [0.717, 1.165) is 11.3 Å². The summed E-state index contributed by atoms with van der Waals surface area (Å²) in [5.41, 5.74) is 2.82. The van der Waals surface area contributed by atoms with E-state index in [0.29, 0.717) is 24.2 Å². The summed E-state index contributed by atoms with van der Waals surface area (Å²) < 4.78 is 1.42. The van der Waals surface area contributed by atoms with E-state index < -0.39 is 0 Å². The zero-order chi connectivity index (χ0) is 15.1. The van der Waals surface area contributed by atoms with E-state index in [-0.39, 0.29) is 17.5 Å². The van der Waals surface area contributed by atoms with E-state index >= 15 is 0 Å². The molecule has 1 fully saturated rings. The number of rotatable bonds is 2. The quantitative estimate of drug-likeness (QED) is 0.754. The third kappa shape index (κ3) is 2.09. The van der Waals surface area contributed by atoms with E-state index in [1.807, 2.05) is 36.4 Å². The van der Waals surface area contributed by atoms with E-state index in [2.05, 4.69) is 15.4 Å². The molecule has 2 N–H and O–H groups in total. The second-order valence-corrected chi connectivity index (χ2v) is 5.41. The van der Waals surface area contributed by atoms with E-state index in [1.165, 1.54) is 10.6 Å². The molecule has 22 heavy (non-hydrogen) atoms. The Hall–Kier alpha value is -2.89. The first-order valence-corrected chi connectivity index (χ1v) is 7.18. The van der Waals surface area contributed by atoms with Gasteiger partial charge in [-0.05, 0) is 12.0 Å². The van der Waals surface area contributed by atoms with E-state index in [1.54, 1.807) is 0 Å². The number of hydrogen-bond acceptors (Lipinski definition) is 3. The molecular formula is C16H14N4O2. The van der Waals surface area contributed by atoms with Gasteiger partial charge < -0.3 is 5.32 Å². The first-order chi connectivity index (χ1) is 10.7. The van der Waals surface area contributed by atoms with Crippen LogP contribution in [0.15, 0.2) is 47.3 Å². The third-order valence-corrected chi connectivity index (χ3v) is 3.91. The Morgan fingerprint density at radius 1 is 1.14 bits per heavy atom. The molecule has 6 nitrogen and oxygen atoms in total. The molecule has 3 heterocycles. The number of benzene rings is 1. The van der Waals surface area contributed by atoms with Crippen LogP contribution in [0.2, 0.25) is 0 Å². The number of hydrogen-bond donors (Lipinski definition) is 2. The zero-order valence-electron chi connectivity index (χ0n) is 11.7. The van der Waals surface area contributed by atoms with Crippen LogP contribution in [0.25, 0.3) is 16.9 Å². The number of H-pyrrole nitrogens is 1. The summed E-state index contributed by atoms with van der Waals surface area (Å²) in [6.07, 6.45) is 1.16. The minimum Gasteiger partial charge on any atom is -0.348 e. The average molecular weight is 294 g/mol. The van der Waals surface area contributed by atoms with Gasteiger partial charge in [0.1, 0.15) is 0 Å². The fraction of sp³-hybridized carbons (Fsp3) is 0.188. The molecule has 1 aliphatic rings. The lowest BCUT2D eigenvalue weighted by molar-refractivity contribution is -0.119. The van der Waals surface area contributed by atoms with Crippen LogP contribution >= 0.6 is 0 Å². The summed E-state index contributed by atoms with van der Waals surface area (Å²) in [6.45, 7) is 0. The van der Waals surface area contributed by atoms with Crippen molar-refractivity contribution in [2.45, 2.75) is 18.9 Å². The second-order valence-electron chi connectivity index (χ2n) is 5.41. The highest BCUT2D eigenvalue weighted by Crippen LogP contribution is 2.23. The molecule has 110 valence electrons. The van der Waals surface area contributed by atoms with E-state index in [9.17, 15) is 9.59 Å². The van der Waals surface area contributed by atoms with Crippen LogP contribution in [0.1, 0.15) is 24.6 Å². The molecule has 2 aromatic heterocycles. The molecule has 3 aromatic rings. The number of aromatic amines is 1. The van der Waals surface area contributed by atoms with Gasteiger partial charge in [-0.1, -0.05) is 30.3 Å². The van der Waals surface area contributed by atoms with Gasteiger partial charge in [0.05, 0.1) is 17.4 Å². The molecule has 1 amide bonds. The van der Waals surface area contributed by atoms with Crippen LogP contribution < -0.4 is 10.9 Å². The molecule has 0 aliphatic carbocycles. The lowest BCUT2D eigenvalue weighted by Crippen LogP contribution is -2.23. The van der Waals surface area contributed by atoms with Crippen molar-refractivity contribution >= 4 is 11.6 Å². The Labute approximate surface area is 125 Å². The molecule has 0 bridgehead atoms. The van der Waals surface area contributed by atoms with Crippen LogP contribution in [0.4, 0.5) is 0 Å². The predicted molar refractivity (Wildman–Crippen MR) is 81.4 cm³/mol. The predicted octanol–water partition coefficient (Wildman–Crippen LogP) is 1.64. The van der Waals surface area contributed by atoms with Crippen LogP contribution in [0.3, 0.4) is 0 Å². The van der Waals surface area contributed by atoms with Crippen LogP contribution in [-0.4, -0.2) is 20.5 Å². The number of aromatic nitrogens is 3. The summed E-state index contributed by atoms with van der Waals surface area (Å²) in [5.74, 6) is 0.00559. The maximum Gasteiger partial charge on any atom is 0.272 e. The van der Waals surface area contributed by atoms with Gasteiger partial charge >= 0.3 is 0 Å². The lowest BCUT2D eigenvalue weighted by Gasteiger charge is -2.08.